The van der Waals surface area contributed by atoms with Gasteiger partial charge >= 0.3 is 0 Å². The number of aromatic nitrogens is 1. The Labute approximate surface area is 122 Å². The number of benzene rings is 1. The fourth-order valence-electron chi connectivity index (χ4n) is 1.49. The second kappa shape index (κ2) is 5.97. The molecule has 0 radical (unpaired) electrons. The van der Waals surface area contributed by atoms with Gasteiger partial charge in [-0.1, -0.05) is 15.9 Å². The number of halogens is 2. The molecule has 0 bridgehead atoms. The Kier molecular flexibility index (Phi) is 4.58. The van der Waals surface area contributed by atoms with Crippen molar-refractivity contribution in [2.75, 3.05) is 6.54 Å². The molecular formula is C12H12BrIN2O. The Morgan fingerprint density at radius 2 is 2.24 bits per heavy atom. The number of rotatable bonds is 4. The molecule has 17 heavy (non-hydrogen) atoms. The minimum atomic E-state index is 0.657. The highest BCUT2D eigenvalue weighted by molar-refractivity contribution is 14.1. The number of hydrogen-bond donors (Lipinski definition) is 1. The molecule has 1 aromatic heterocycles. The maximum atomic E-state index is 5.71. The van der Waals surface area contributed by atoms with Crippen molar-refractivity contribution in [2.24, 2.45) is 5.73 Å². The van der Waals surface area contributed by atoms with E-state index in [9.17, 15) is 0 Å². The molecule has 2 rings (SSSR count). The lowest BCUT2D eigenvalue weighted by atomic mass is 10.2. The number of aryl methyl sites for hydroxylation is 1. The smallest absolute Gasteiger partial charge is 0.194 e. The lowest BCUT2D eigenvalue weighted by Gasteiger charge is -2.01. The molecule has 0 saturated carbocycles. The van der Waals surface area contributed by atoms with Crippen LogP contribution in [0.1, 0.15) is 12.3 Å². The average molecular weight is 407 g/mol. The quantitative estimate of drug-likeness (QED) is 0.789. The van der Waals surface area contributed by atoms with Crippen LogP contribution in [0, 0.1) is 3.57 Å². The summed E-state index contributed by atoms with van der Waals surface area (Å²) in [6.45, 7) is 0.657. The first-order valence-corrected chi connectivity index (χ1v) is 7.18. The van der Waals surface area contributed by atoms with E-state index in [2.05, 4.69) is 49.6 Å². The van der Waals surface area contributed by atoms with Crippen LogP contribution in [0.4, 0.5) is 0 Å². The van der Waals surface area contributed by atoms with E-state index in [4.69, 9.17) is 10.2 Å². The molecule has 0 spiro atoms. The summed E-state index contributed by atoms with van der Waals surface area (Å²) in [5, 5.41) is 0. The molecule has 90 valence electrons. The van der Waals surface area contributed by atoms with E-state index in [1.54, 1.807) is 6.20 Å². The molecule has 0 unspecified atom stereocenters. The molecule has 5 heteroatoms. The SMILES string of the molecule is NCCCc1ncc(-c2cc(I)ccc2Br)o1. The molecule has 0 atom stereocenters. The van der Waals surface area contributed by atoms with Gasteiger partial charge in [-0.15, -0.1) is 0 Å². The van der Waals surface area contributed by atoms with E-state index < -0.39 is 0 Å². The highest BCUT2D eigenvalue weighted by Crippen LogP contribution is 2.30. The molecule has 0 fully saturated rings. The van der Waals surface area contributed by atoms with Gasteiger partial charge in [0.1, 0.15) is 0 Å². The molecule has 2 N–H and O–H groups in total. The number of nitrogens with two attached hydrogens (primary N) is 1. The van der Waals surface area contributed by atoms with Crippen molar-refractivity contribution < 1.29 is 4.42 Å². The predicted octanol–water partition coefficient (Wildman–Crippen LogP) is 3.60. The maximum absolute atomic E-state index is 5.71. The van der Waals surface area contributed by atoms with Gasteiger partial charge in [-0.25, -0.2) is 4.98 Å². The van der Waals surface area contributed by atoms with E-state index in [1.807, 2.05) is 12.1 Å². The van der Waals surface area contributed by atoms with Crippen LogP contribution in [-0.4, -0.2) is 11.5 Å². The van der Waals surface area contributed by atoms with Gasteiger partial charge in [0, 0.05) is 20.0 Å². The largest absolute Gasteiger partial charge is 0.441 e. The van der Waals surface area contributed by atoms with Crippen molar-refractivity contribution in [3.05, 3.63) is 38.3 Å². The lowest BCUT2D eigenvalue weighted by molar-refractivity contribution is 0.499. The zero-order valence-electron chi connectivity index (χ0n) is 9.12. The van der Waals surface area contributed by atoms with Crippen molar-refractivity contribution in [1.29, 1.82) is 0 Å². The van der Waals surface area contributed by atoms with Crippen LogP contribution >= 0.6 is 38.5 Å². The van der Waals surface area contributed by atoms with Gasteiger partial charge in [0.15, 0.2) is 11.7 Å². The first-order chi connectivity index (χ1) is 8.20. The number of oxazole rings is 1. The monoisotopic (exact) mass is 406 g/mol. The topological polar surface area (TPSA) is 52.0 Å². The zero-order chi connectivity index (χ0) is 12.3. The summed E-state index contributed by atoms with van der Waals surface area (Å²) < 4.78 is 7.89. The fraction of sp³-hybridized carbons (Fsp3) is 0.250. The molecule has 0 saturated heterocycles. The van der Waals surface area contributed by atoms with Gasteiger partial charge in [-0.3, -0.25) is 0 Å². The van der Waals surface area contributed by atoms with Gasteiger partial charge in [-0.05, 0) is 53.8 Å². The first kappa shape index (κ1) is 13.0. The van der Waals surface area contributed by atoms with E-state index >= 15 is 0 Å². The van der Waals surface area contributed by atoms with Crippen molar-refractivity contribution in [1.82, 2.24) is 4.98 Å². The highest BCUT2D eigenvalue weighted by atomic mass is 127. The maximum Gasteiger partial charge on any atom is 0.194 e. The van der Waals surface area contributed by atoms with Gasteiger partial charge in [0.2, 0.25) is 0 Å². The van der Waals surface area contributed by atoms with Crippen LogP contribution in [0.3, 0.4) is 0 Å². The van der Waals surface area contributed by atoms with E-state index in [0.29, 0.717) is 6.54 Å². The molecule has 1 aromatic carbocycles. The Hall–Kier alpha value is -0.400. The molecule has 0 aliphatic carbocycles. The second-order valence-corrected chi connectivity index (χ2v) is 5.73. The van der Waals surface area contributed by atoms with E-state index in [-0.39, 0.29) is 0 Å². The summed E-state index contributed by atoms with van der Waals surface area (Å²) in [7, 11) is 0. The Morgan fingerprint density at radius 3 is 3.00 bits per heavy atom. The third-order valence-electron chi connectivity index (χ3n) is 2.34. The third kappa shape index (κ3) is 3.29. The molecule has 0 amide bonds. The third-order valence-corrected chi connectivity index (χ3v) is 3.70. The minimum Gasteiger partial charge on any atom is -0.441 e. The molecular weight excluding hydrogens is 395 g/mol. The van der Waals surface area contributed by atoms with Crippen LogP contribution in [0.25, 0.3) is 11.3 Å². The summed E-state index contributed by atoms with van der Waals surface area (Å²) in [5.41, 5.74) is 6.49. The minimum absolute atomic E-state index is 0.657. The molecule has 1 heterocycles. The number of hydrogen-bond acceptors (Lipinski definition) is 3. The van der Waals surface area contributed by atoms with Crippen LogP contribution in [0.15, 0.2) is 33.3 Å². The first-order valence-electron chi connectivity index (χ1n) is 5.31. The second-order valence-electron chi connectivity index (χ2n) is 3.63. The summed E-state index contributed by atoms with van der Waals surface area (Å²) in [4.78, 5) is 4.26. The lowest BCUT2D eigenvalue weighted by Crippen LogP contribution is -2.00. The van der Waals surface area contributed by atoms with Crippen molar-refractivity contribution in [2.45, 2.75) is 12.8 Å². The summed E-state index contributed by atoms with van der Waals surface area (Å²) >= 11 is 5.80. The van der Waals surface area contributed by atoms with Gasteiger partial charge in [0.05, 0.1) is 6.20 Å². The van der Waals surface area contributed by atoms with Gasteiger partial charge in [0.25, 0.3) is 0 Å². The molecule has 0 aliphatic rings. The van der Waals surface area contributed by atoms with Crippen molar-refractivity contribution in [3.8, 4) is 11.3 Å². The van der Waals surface area contributed by atoms with Crippen LogP contribution < -0.4 is 5.73 Å². The van der Waals surface area contributed by atoms with Crippen LogP contribution in [0.5, 0.6) is 0 Å². The molecule has 3 nitrogen and oxygen atoms in total. The Morgan fingerprint density at radius 1 is 1.41 bits per heavy atom. The Balaban J connectivity index is 2.27. The van der Waals surface area contributed by atoms with Crippen LogP contribution in [-0.2, 0) is 6.42 Å². The zero-order valence-corrected chi connectivity index (χ0v) is 12.9. The number of nitrogens with zero attached hydrogens (tertiary/aromatic N) is 1. The summed E-state index contributed by atoms with van der Waals surface area (Å²) in [6, 6.07) is 6.12. The van der Waals surface area contributed by atoms with Gasteiger partial charge in [-0.2, -0.15) is 0 Å². The summed E-state index contributed by atoms with van der Waals surface area (Å²) in [6.07, 6.45) is 3.45. The van der Waals surface area contributed by atoms with Crippen molar-refractivity contribution >= 4 is 38.5 Å². The summed E-state index contributed by atoms with van der Waals surface area (Å²) in [5.74, 6) is 1.54. The fourth-order valence-corrected chi connectivity index (χ4v) is 2.42. The average Bonchev–Trinajstić information content (AvgIpc) is 2.78. The Bertz CT molecular complexity index is 513. The van der Waals surface area contributed by atoms with E-state index in [1.165, 1.54) is 3.57 Å². The van der Waals surface area contributed by atoms with Gasteiger partial charge < -0.3 is 10.2 Å². The predicted molar refractivity (Wildman–Crippen MR) is 79.7 cm³/mol. The van der Waals surface area contributed by atoms with E-state index in [0.717, 1.165) is 34.5 Å². The normalized spacial score (nSPS) is 10.8. The molecule has 0 aliphatic heterocycles. The van der Waals surface area contributed by atoms with Crippen LogP contribution in [0.2, 0.25) is 0 Å². The highest BCUT2D eigenvalue weighted by Gasteiger charge is 2.09. The van der Waals surface area contributed by atoms with Crippen molar-refractivity contribution in [3.63, 3.8) is 0 Å². The molecule has 2 aromatic rings. The standard InChI is InChI=1S/C12H12BrIN2O/c13-10-4-3-8(14)6-9(10)11-7-16-12(17-11)2-1-5-15/h3-4,6-7H,1-2,5,15H2.